The van der Waals surface area contributed by atoms with Gasteiger partial charge in [0.25, 0.3) is 0 Å². The summed E-state index contributed by atoms with van der Waals surface area (Å²) in [5, 5.41) is 1.78. The Morgan fingerprint density at radius 3 is 2.44 bits per heavy atom. The van der Waals surface area contributed by atoms with Gasteiger partial charge in [-0.25, -0.2) is 13.1 Å². The van der Waals surface area contributed by atoms with E-state index in [1.807, 2.05) is 18.7 Å². The molecule has 1 fully saturated rings. The summed E-state index contributed by atoms with van der Waals surface area (Å²) in [7, 11) is -3.51. The van der Waals surface area contributed by atoms with E-state index in [9.17, 15) is 13.2 Å². The first-order valence-corrected chi connectivity index (χ1v) is 10.4. The maximum absolute atomic E-state index is 12.2. The summed E-state index contributed by atoms with van der Waals surface area (Å²) >= 11 is 5.81. The molecule has 1 amide bonds. The SMILES string of the molecule is CC(C)CC(=O)N1CCC(NS(=O)(=O)/C=C/c2ccc(Cl)cc2)CC1. The molecule has 0 unspecified atom stereocenters. The van der Waals surface area contributed by atoms with Crippen LogP contribution in [0.15, 0.2) is 29.7 Å². The van der Waals surface area contributed by atoms with Gasteiger partial charge in [0.15, 0.2) is 0 Å². The average Bonchev–Trinajstić information content (AvgIpc) is 2.54. The van der Waals surface area contributed by atoms with E-state index in [-0.39, 0.29) is 11.9 Å². The summed E-state index contributed by atoms with van der Waals surface area (Å²) in [4.78, 5) is 13.9. The molecule has 25 heavy (non-hydrogen) atoms. The quantitative estimate of drug-likeness (QED) is 0.818. The van der Waals surface area contributed by atoms with Gasteiger partial charge in [-0.2, -0.15) is 0 Å². The molecule has 0 atom stereocenters. The predicted molar refractivity (Wildman–Crippen MR) is 102 cm³/mol. The smallest absolute Gasteiger partial charge is 0.233 e. The molecular weight excluding hydrogens is 360 g/mol. The molecule has 2 rings (SSSR count). The van der Waals surface area contributed by atoms with E-state index in [4.69, 9.17) is 11.6 Å². The largest absolute Gasteiger partial charge is 0.343 e. The number of carbonyl (C=O) groups excluding carboxylic acids is 1. The highest BCUT2D eigenvalue weighted by Crippen LogP contribution is 2.15. The van der Waals surface area contributed by atoms with Gasteiger partial charge in [-0.05, 0) is 42.5 Å². The highest BCUT2D eigenvalue weighted by Gasteiger charge is 2.25. The number of hydrogen-bond acceptors (Lipinski definition) is 3. The van der Waals surface area contributed by atoms with Gasteiger partial charge in [0.2, 0.25) is 15.9 Å². The van der Waals surface area contributed by atoms with E-state index >= 15 is 0 Å². The van der Waals surface area contributed by atoms with Crippen LogP contribution in [0.2, 0.25) is 5.02 Å². The Bertz CT molecular complexity index is 706. The number of sulfonamides is 1. The van der Waals surface area contributed by atoms with Crippen molar-refractivity contribution in [2.24, 2.45) is 5.92 Å². The lowest BCUT2D eigenvalue weighted by atomic mass is 10.0. The van der Waals surface area contributed by atoms with Gasteiger partial charge in [0, 0.05) is 36.0 Å². The number of amides is 1. The van der Waals surface area contributed by atoms with Gasteiger partial charge in [-0.3, -0.25) is 4.79 Å². The maximum Gasteiger partial charge on any atom is 0.233 e. The minimum atomic E-state index is -3.51. The van der Waals surface area contributed by atoms with Crippen molar-refractivity contribution in [2.45, 2.75) is 39.2 Å². The third kappa shape index (κ3) is 6.80. The maximum atomic E-state index is 12.2. The lowest BCUT2D eigenvalue weighted by Crippen LogP contribution is -2.46. The molecule has 1 saturated heterocycles. The van der Waals surface area contributed by atoms with Crippen LogP contribution in [0.1, 0.15) is 38.7 Å². The topological polar surface area (TPSA) is 66.5 Å². The van der Waals surface area contributed by atoms with E-state index in [0.717, 1.165) is 5.56 Å². The fourth-order valence-electron chi connectivity index (χ4n) is 2.74. The fourth-order valence-corrected chi connectivity index (χ4v) is 3.98. The van der Waals surface area contributed by atoms with Crippen LogP contribution >= 0.6 is 11.6 Å². The van der Waals surface area contributed by atoms with Crippen molar-refractivity contribution >= 4 is 33.6 Å². The fraction of sp³-hybridized carbons (Fsp3) is 0.500. The zero-order chi connectivity index (χ0) is 18.4. The van der Waals surface area contributed by atoms with E-state index < -0.39 is 10.0 Å². The molecule has 0 bridgehead atoms. The Labute approximate surface area is 155 Å². The highest BCUT2D eigenvalue weighted by molar-refractivity contribution is 7.92. The number of likely N-dealkylation sites (tertiary alicyclic amines) is 1. The van der Waals surface area contributed by atoms with Crippen LogP contribution < -0.4 is 4.72 Å². The van der Waals surface area contributed by atoms with E-state index in [1.54, 1.807) is 30.3 Å². The number of carbonyl (C=O) groups is 1. The van der Waals surface area contributed by atoms with Crippen LogP contribution in [0.3, 0.4) is 0 Å². The molecule has 1 N–H and O–H groups in total. The molecule has 7 heteroatoms. The highest BCUT2D eigenvalue weighted by atomic mass is 35.5. The second-order valence-electron chi connectivity index (χ2n) is 6.77. The molecule has 1 aromatic rings. The molecule has 138 valence electrons. The summed E-state index contributed by atoms with van der Waals surface area (Å²) in [5.74, 6) is 0.487. The molecule has 1 aliphatic rings. The van der Waals surface area contributed by atoms with Gasteiger partial charge in [0.1, 0.15) is 0 Å². The first-order chi connectivity index (χ1) is 11.7. The summed E-state index contributed by atoms with van der Waals surface area (Å²) in [6, 6.07) is 6.81. The Morgan fingerprint density at radius 1 is 1.28 bits per heavy atom. The van der Waals surface area contributed by atoms with Gasteiger partial charge in [-0.15, -0.1) is 0 Å². The molecular formula is C18H25ClN2O3S. The van der Waals surface area contributed by atoms with Crippen LogP contribution in [0.25, 0.3) is 6.08 Å². The Kier molecular flexibility index (Phi) is 7.04. The van der Waals surface area contributed by atoms with Crippen molar-refractivity contribution in [1.29, 1.82) is 0 Å². The number of rotatable bonds is 6. The third-order valence-electron chi connectivity index (χ3n) is 4.07. The molecule has 0 aliphatic carbocycles. The molecule has 1 heterocycles. The van der Waals surface area contributed by atoms with Crippen LogP contribution in [0.4, 0.5) is 0 Å². The number of nitrogens with one attached hydrogen (secondary N) is 1. The lowest BCUT2D eigenvalue weighted by molar-refractivity contribution is -0.133. The molecule has 0 aromatic heterocycles. The zero-order valence-electron chi connectivity index (χ0n) is 14.6. The van der Waals surface area contributed by atoms with Crippen LogP contribution in [0.5, 0.6) is 0 Å². The Morgan fingerprint density at radius 2 is 1.88 bits per heavy atom. The zero-order valence-corrected chi connectivity index (χ0v) is 16.2. The summed E-state index contributed by atoms with van der Waals surface area (Å²) < 4.78 is 27.1. The van der Waals surface area contributed by atoms with Crippen LogP contribution in [-0.4, -0.2) is 38.4 Å². The molecule has 0 saturated carbocycles. The lowest BCUT2D eigenvalue weighted by Gasteiger charge is -2.32. The first kappa shape index (κ1) is 19.9. The van der Waals surface area contributed by atoms with Crippen molar-refractivity contribution in [3.8, 4) is 0 Å². The van der Waals surface area contributed by atoms with Crippen molar-refractivity contribution in [1.82, 2.24) is 9.62 Å². The molecule has 1 aliphatic heterocycles. The summed E-state index contributed by atoms with van der Waals surface area (Å²) in [6.07, 6.45) is 3.36. The minimum Gasteiger partial charge on any atom is -0.343 e. The normalized spacial score (nSPS) is 16.7. The van der Waals surface area contributed by atoms with Crippen LogP contribution in [0, 0.1) is 5.92 Å². The van der Waals surface area contributed by atoms with E-state index in [0.29, 0.717) is 43.3 Å². The average molecular weight is 385 g/mol. The number of nitrogens with zero attached hydrogens (tertiary/aromatic N) is 1. The van der Waals surface area contributed by atoms with Gasteiger partial charge >= 0.3 is 0 Å². The minimum absolute atomic E-state index is 0.136. The van der Waals surface area contributed by atoms with E-state index in [2.05, 4.69) is 4.72 Å². The first-order valence-electron chi connectivity index (χ1n) is 8.49. The predicted octanol–water partition coefficient (Wildman–Crippen LogP) is 3.27. The number of hydrogen-bond donors (Lipinski definition) is 1. The van der Waals surface area contributed by atoms with Crippen molar-refractivity contribution < 1.29 is 13.2 Å². The summed E-state index contributed by atoms with van der Waals surface area (Å²) in [5.41, 5.74) is 0.767. The third-order valence-corrected chi connectivity index (χ3v) is 5.48. The second kappa shape index (κ2) is 8.83. The van der Waals surface area contributed by atoms with Gasteiger partial charge < -0.3 is 4.90 Å². The van der Waals surface area contributed by atoms with Crippen molar-refractivity contribution in [2.75, 3.05) is 13.1 Å². The number of benzene rings is 1. The van der Waals surface area contributed by atoms with Crippen LogP contribution in [-0.2, 0) is 14.8 Å². The summed E-state index contributed by atoms with van der Waals surface area (Å²) in [6.45, 7) is 5.23. The van der Waals surface area contributed by atoms with Gasteiger partial charge in [-0.1, -0.05) is 37.6 Å². The van der Waals surface area contributed by atoms with Crippen molar-refractivity contribution in [3.63, 3.8) is 0 Å². The molecule has 5 nitrogen and oxygen atoms in total. The number of piperidine rings is 1. The molecule has 0 spiro atoms. The van der Waals surface area contributed by atoms with Crippen molar-refractivity contribution in [3.05, 3.63) is 40.3 Å². The second-order valence-corrected chi connectivity index (χ2v) is 8.80. The van der Waals surface area contributed by atoms with Gasteiger partial charge in [0.05, 0.1) is 0 Å². The number of halogens is 1. The Balaban J connectivity index is 1.85. The standard InChI is InChI=1S/C18H25ClN2O3S/c1-14(2)13-18(22)21-10-7-17(8-11-21)20-25(23,24)12-9-15-3-5-16(19)6-4-15/h3-6,9,12,14,17,20H,7-8,10-11,13H2,1-2H3/b12-9+. The van der Waals surface area contributed by atoms with E-state index in [1.165, 1.54) is 5.41 Å². The monoisotopic (exact) mass is 384 g/mol. The molecule has 1 aromatic carbocycles. The Hall–Kier alpha value is -1.37. The molecule has 0 radical (unpaired) electrons.